The van der Waals surface area contributed by atoms with E-state index in [4.69, 9.17) is 5.10 Å². The molecule has 0 aliphatic carbocycles. The van der Waals surface area contributed by atoms with Crippen LogP contribution in [-0.2, 0) is 6.42 Å². The summed E-state index contributed by atoms with van der Waals surface area (Å²) in [6.45, 7) is 3.13. The molecule has 1 aromatic heterocycles. The molecule has 1 aliphatic rings. The largest absolute Gasteiger partial charge is 0.370 e. The first-order valence-electron chi connectivity index (χ1n) is 9.71. The summed E-state index contributed by atoms with van der Waals surface area (Å²) < 4.78 is 2.10. The Morgan fingerprint density at radius 3 is 2.67 bits per heavy atom. The quantitative estimate of drug-likeness (QED) is 0.497. The number of rotatable bonds is 2. The van der Waals surface area contributed by atoms with Gasteiger partial charge in [-0.2, -0.15) is 5.10 Å². The molecule has 27 heavy (non-hydrogen) atoms. The van der Waals surface area contributed by atoms with Crippen molar-refractivity contribution in [2.75, 3.05) is 11.9 Å². The molecule has 0 saturated carbocycles. The smallest absolute Gasteiger partial charge is 0.133 e. The topological polar surface area (TPSA) is 29.9 Å². The van der Waals surface area contributed by atoms with Crippen LogP contribution in [0, 0.1) is 6.92 Å². The van der Waals surface area contributed by atoms with Gasteiger partial charge in [0, 0.05) is 17.7 Å². The van der Waals surface area contributed by atoms with Crippen LogP contribution in [0.4, 0.5) is 5.82 Å². The van der Waals surface area contributed by atoms with Crippen LogP contribution in [0.5, 0.6) is 0 Å². The Balaban J connectivity index is 1.71. The Morgan fingerprint density at radius 2 is 1.78 bits per heavy atom. The molecule has 0 unspecified atom stereocenters. The molecule has 1 aliphatic heterocycles. The summed E-state index contributed by atoms with van der Waals surface area (Å²) >= 11 is 0. The van der Waals surface area contributed by atoms with Crippen LogP contribution in [0.1, 0.15) is 24.0 Å². The van der Waals surface area contributed by atoms with E-state index in [1.807, 2.05) is 0 Å². The highest BCUT2D eigenvalue weighted by atomic mass is 15.3. The van der Waals surface area contributed by atoms with Gasteiger partial charge in [0.2, 0.25) is 0 Å². The van der Waals surface area contributed by atoms with Gasteiger partial charge in [0.15, 0.2) is 0 Å². The molecule has 0 bridgehead atoms. The van der Waals surface area contributed by atoms with Crippen molar-refractivity contribution in [2.24, 2.45) is 0 Å². The minimum atomic E-state index is 1.00. The Kier molecular flexibility index (Phi) is 3.93. The van der Waals surface area contributed by atoms with Crippen LogP contribution < -0.4 is 5.32 Å². The Labute approximate surface area is 159 Å². The summed E-state index contributed by atoms with van der Waals surface area (Å²) in [5.41, 5.74) is 6.00. The van der Waals surface area contributed by atoms with Crippen molar-refractivity contribution in [1.29, 1.82) is 0 Å². The second kappa shape index (κ2) is 6.58. The van der Waals surface area contributed by atoms with E-state index in [-0.39, 0.29) is 0 Å². The first-order valence-corrected chi connectivity index (χ1v) is 9.71. The molecule has 1 N–H and O–H groups in total. The minimum Gasteiger partial charge on any atom is -0.370 e. The monoisotopic (exact) mass is 353 g/mol. The summed E-state index contributed by atoms with van der Waals surface area (Å²) in [6, 6.07) is 23.8. The van der Waals surface area contributed by atoms with Gasteiger partial charge in [-0.1, -0.05) is 48.5 Å². The first-order chi connectivity index (χ1) is 13.3. The van der Waals surface area contributed by atoms with Gasteiger partial charge in [0.05, 0.1) is 11.4 Å². The number of nitrogens with one attached hydrogen (secondary N) is 1. The maximum absolute atomic E-state index is 5.08. The lowest BCUT2D eigenvalue weighted by Gasteiger charge is -2.09. The van der Waals surface area contributed by atoms with E-state index in [2.05, 4.69) is 83.7 Å². The molecule has 134 valence electrons. The molecule has 0 spiro atoms. The highest BCUT2D eigenvalue weighted by molar-refractivity contribution is 5.87. The average Bonchev–Trinajstić information content (AvgIpc) is 2.89. The molecule has 3 heteroatoms. The number of benzene rings is 3. The maximum atomic E-state index is 5.08. The lowest BCUT2D eigenvalue weighted by Crippen LogP contribution is -2.07. The second-order valence-corrected chi connectivity index (χ2v) is 7.37. The molecule has 0 radical (unpaired) electrons. The molecule has 3 aromatic carbocycles. The average molecular weight is 353 g/mol. The zero-order valence-corrected chi connectivity index (χ0v) is 15.6. The fraction of sp³-hybridized carbons (Fsp3) is 0.208. The SMILES string of the molecule is Cc1cccc(-n2nc(-c3ccc4ccccc4c3)c3c2NCCCC3)c1. The van der Waals surface area contributed by atoms with Gasteiger partial charge in [0.1, 0.15) is 5.82 Å². The van der Waals surface area contributed by atoms with Gasteiger partial charge >= 0.3 is 0 Å². The number of aryl methyl sites for hydroxylation is 1. The van der Waals surface area contributed by atoms with Crippen LogP contribution in [0.25, 0.3) is 27.7 Å². The van der Waals surface area contributed by atoms with Crippen molar-refractivity contribution in [3.05, 3.63) is 77.9 Å². The third-order valence-electron chi connectivity index (χ3n) is 5.40. The van der Waals surface area contributed by atoms with E-state index < -0.39 is 0 Å². The molecular weight excluding hydrogens is 330 g/mol. The molecule has 0 saturated heterocycles. The summed E-state index contributed by atoms with van der Waals surface area (Å²) in [6.07, 6.45) is 3.45. The van der Waals surface area contributed by atoms with Crippen molar-refractivity contribution in [1.82, 2.24) is 9.78 Å². The van der Waals surface area contributed by atoms with Crippen molar-refractivity contribution in [3.8, 4) is 16.9 Å². The Hall–Kier alpha value is -3.07. The van der Waals surface area contributed by atoms with E-state index in [1.54, 1.807) is 0 Å². The molecule has 5 rings (SSSR count). The Morgan fingerprint density at radius 1 is 0.889 bits per heavy atom. The second-order valence-electron chi connectivity index (χ2n) is 7.37. The zero-order valence-electron chi connectivity index (χ0n) is 15.6. The van der Waals surface area contributed by atoms with Crippen LogP contribution in [-0.4, -0.2) is 16.3 Å². The predicted octanol–water partition coefficient (Wildman–Crippen LogP) is 5.75. The fourth-order valence-corrected chi connectivity index (χ4v) is 4.02. The standard InChI is InChI=1S/C24H23N3/c1-17-7-6-10-21(15-17)27-24-22(11-4-5-14-25-24)23(26-27)20-13-12-18-8-2-3-9-19(18)16-20/h2-3,6-10,12-13,15-16,25H,4-5,11,14H2,1H3. The highest BCUT2D eigenvalue weighted by Gasteiger charge is 2.21. The fourth-order valence-electron chi connectivity index (χ4n) is 4.02. The molecule has 0 amide bonds. The van der Waals surface area contributed by atoms with Gasteiger partial charge in [-0.3, -0.25) is 0 Å². The number of anilines is 1. The normalized spacial score (nSPS) is 13.8. The van der Waals surface area contributed by atoms with Gasteiger partial charge in [-0.15, -0.1) is 0 Å². The molecular formula is C24H23N3. The van der Waals surface area contributed by atoms with E-state index in [0.717, 1.165) is 30.2 Å². The van der Waals surface area contributed by atoms with E-state index in [9.17, 15) is 0 Å². The van der Waals surface area contributed by atoms with Gasteiger partial charge in [-0.05, 0) is 60.7 Å². The molecule has 0 atom stereocenters. The van der Waals surface area contributed by atoms with Crippen molar-refractivity contribution in [3.63, 3.8) is 0 Å². The van der Waals surface area contributed by atoms with E-state index in [1.165, 1.54) is 40.3 Å². The summed E-state index contributed by atoms with van der Waals surface area (Å²) in [5.74, 6) is 1.15. The van der Waals surface area contributed by atoms with Crippen LogP contribution >= 0.6 is 0 Å². The van der Waals surface area contributed by atoms with Crippen molar-refractivity contribution < 1.29 is 0 Å². The number of aromatic nitrogens is 2. The van der Waals surface area contributed by atoms with Crippen LogP contribution in [0.15, 0.2) is 66.7 Å². The van der Waals surface area contributed by atoms with Crippen molar-refractivity contribution in [2.45, 2.75) is 26.2 Å². The summed E-state index contributed by atoms with van der Waals surface area (Å²) in [5, 5.41) is 11.2. The predicted molar refractivity (Wildman–Crippen MR) is 113 cm³/mol. The number of hydrogen-bond donors (Lipinski definition) is 1. The summed E-state index contributed by atoms with van der Waals surface area (Å²) in [7, 11) is 0. The number of hydrogen-bond acceptors (Lipinski definition) is 2. The third kappa shape index (κ3) is 2.89. The lowest BCUT2D eigenvalue weighted by molar-refractivity contribution is 0.780. The molecule has 3 nitrogen and oxygen atoms in total. The van der Waals surface area contributed by atoms with Gasteiger partial charge in [-0.25, -0.2) is 4.68 Å². The van der Waals surface area contributed by atoms with E-state index >= 15 is 0 Å². The van der Waals surface area contributed by atoms with Crippen LogP contribution in [0.2, 0.25) is 0 Å². The first kappa shape index (κ1) is 16.1. The van der Waals surface area contributed by atoms with E-state index in [0.29, 0.717) is 0 Å². The van der Waals surface area contributed by atoms with Gasteiger partial charge < -0.3 is 5.32 Å². The van der Waals surface area contributed by atoms with Crippen molar-refractivity contribution >= 4 is 16.6 Å². The van der Waals surface area contributed by atoms with Crippen LogP contribution in [0.3, 0.4) is 0 Å². The highest BCUT2D eigenvalue weighted by Crippen LogP contribution is 2.35. The molecule has 2 heterocycles. The third-order valence-corrected chi connectivity index (χ3v) is 5.40. The summed E-state index contributed by atoms with van der Waals surface area (Å²) in [4.78, 5) is 0. The van der Waals surface area contributed by atoms with Gasteiger partial charge in [0.25, 0.3) is 0 Å². The minimum absolute atomic E-state index is 1.00. The number of fused-ring (bicyclic) bond motifs is 2. The Bertz CT molecular complexity index is 1120. The molecule has 4 aromatic rings. The zero-order chi connectivity index (χ0) is 18.2. The number of nitrogens with zero attached hydrogens (tertiary/aromatic N) is 2. The lowest BCUT2D eigenvalue weighted by atomic mass is 10.0. The molecule has 0 fully saturated rings. The maximum Gasteiger partial charge on any atom is 0.133 e.